The predicted molar refractivity (Wildman–Crippen MR) is 156 cm³/mol. The summed E-state index contributed by atoms with van der Waals surface area (Å²) in [5.41, 5.74) is 5.44. The Hall–Kier alpha value is -2.88. The Morgan fingerprint density at radius 2 is 1.67 bits per heavy atom. The minimum absolute atomic E-state index is 0.0148. The van der Waals surface area contributed by atoms with Crippen molar-refractivity contribution in [3.63, 3.8) is 0 Å². The summed E-state index contributed by atoms with van der Waals surface area (Å²) in [6, 6.07) is -2.12. The normalized spacial score (nSPS) is 22.2. The van der Waals surface area contributed by atoms with Crippen LogP contribution in [0.4, 0.5) is 5.95 Å². The van der Waals surface area contributed by atoms with Crippen LogP contribution in [0, 0.1) is 11.8 Å². The van der Waals surface area contributed by atoms with E-state index in [1.54, 1.807) is 11.5 Å². The van der Waals surface area contributed by atoms with Gasteiger partial charge >= 0.3 is 19.6 Å². The molecule has 3 rings (SSSR count). The lowest BCUT2D eigenvalue weighted by molar-refractivity contribution is -0.146. The number of nitrogens with one attached hydrogen (secondary N) is 2. The fourth-order valence-corrected chi connectivity index (χ4v) is 6.07. The third-order valence-electron chi connectivity index (χ3n) is 6.68. The van der Waals surface area contributed by atoms with E-state index in [-0.39, 0.29) is 50.1 Å². The molecule has 242 valence electrons. The van der Waals surface area contributed by atoms with E-state index < -0.39 is 49.4 Å². The molecule has 2 aromatic heterocycles. The van der Waals surface area contributed by atoms with Crippen molar-refractivity contribution < 1.29 is 42.7 Å². The quantitative estimate of drug-likeness (QED) is 0.162. The maximum atomic E-state index is 14.0. The summed E-state index contributed by atoms with van der Waals surface area (Å²) in [7, 11) is -2.71. The van der Waals surface area contributed by atoms with E-state index in [2.05, 4.69) is 25.1 Å². The zero-order valence-electron chi connectivity index (χ0n) is 25.9. The molecule has 0 radical (unpaired) electrons. The minimum Gasteiger partial charge on any atom is -0.479 e. The second kappa shape index (κ2) is 14.3. The summed E-state index contributed by atoms with van der Waals surface area (Å²) < 4.78 is 43.0. The highest BCUT2D eigenvalue weighted by molar-refractivity contribution is 7.54. The second-order valence-corrected chi connectivity index (χ2v) is 13.5. The fourth-order valence-electron chi connectivity index (χ4n) is 4.26. The molecular formula is C26H44N7O9P. The number of aromatic nitrogens is 4. The number of nitrogen functional groups attached to an aromatic ring is 1. The molecule has 0 saturated carbocycles. The summed E-state index contributed by atoms with van der Waals surface area (Å²) >= 11 is 0. The number of anilines is 1. The molecule has 0 bridgehead atoms. The molecular weight excluding hydrogens is 585 g/mol. The highest BCUT2D eigenvalue weighted by Gasteiger charge is 2.49. The Balaban J connectivity index is 1.78. The van der Waals surface area contributed by atoms with Crippen LogP contribution in [-0.2, 0) is 38.4 Å². The van der Waals surface area contributed by atoms with Gasteiger partial charge in [-0.15, -0.1) is 0 Å². The highest BCUT2D eigenvalue weighted by atomic mass is 31.2. The van der Waals surface area contributed by atoms with E-state index in [0.29, 0.717) is 11.2 Å². The summed E-state index contributed by atoms with van der Waals surface area (Å²) in [6.45, 7) is 12.2. The lowest BCUT2D eigenvalue weighted by Gasteiger charge is -2.30. The Kier molecular flexibility index (Phi) is 11.5. The topological polar surface area (TPSA) is 211 Å². The van der Waals surface area contributed by atoms with Crippen LogP contribution in [0.15, 0.2) is 6.33 Å². The van der Waals surface area contributed by atoms with E-state index in [4.69, 9.17) is 29.2 Å². The summed E-state index contributed by atoms with van der Waals surface area (Å²) in [5, 5.41) is 16.7. The molecule has 17 heteroatoms. The Labute approximate surface area is 250 Å². The van der Waals surface area contributed by atoms with Crippen molar-refractivity contribution in [2.75, 3.05) is 39.3 Å². The van der Waals surface area contributed by atoms with Gasteiger partial charge < -0.3 is 38.9 Å². The van der Waals surface area contributed by atoms with Crippen LogP contribution in [0.5, 0.6) is 5.88 Å². The number of fused-ring (bicyclic) bond motifs is 1. The van der Waals surface area contributed by atoms with Crippen LogP contribution >= 0.6 is 7.67 Å². The Morgan fingerprint density at radius 1 is 1.12 bits per heavy atom. The van der Waals surface area contributed by atoms with Crippen LogP contribution in [-0.4, -0.2) is 94.4 Å². The number of carbonyl (C=O) groups excluding carboxylic acids is 2. The average Bonchev–Trinajstić information content (AvgIpc) is 3.49. The van der Waals surface area contributed by atoms with Crippen LogP contribution in [0.2, 0.25) is 0 Å². The van der Waals surface area contributed by atoms with E-state index in [9.17, 15) is 19.3 Å². The van der Waals surface area contributed by atoms with Crippen LogP contribution < -0.4 is 20.6 Å². The van der Waals surface area contributed by atoms with Crippen molar-refractivity contribution in [1.29, 1.82) is 0 Å². The van der Waals surface area contributed by atoms with Gasteiger partial charge in [0.25, 0.3) is 0 Å². The van der Waals surface area contributed by atoms with Gasteiger partial charge in [0.2, 0.25) is 11.8 Å². The largest absolute Gasteiger partial charge is 0.479 e. The zero-order valence-corrected chi connectivity index (χ0v) is 26.8. The Bertz CT molecular complexity index is 1290. The van der Waals surface area contributed by atoms with Gasteiger partial charge in [-0.3, -0.25) is 14.2 Å². The van der Waals surface area contributed by atoms with Gasteiger partial charge in [0.05, 0.1) is 45.4 Å². The Morgan fingerprint density at radius 3 is 2.19 bits per heavy atom. The third-order valence-corrected chi connectivity index (χ3v) is 8.64. The van der Waals surface area contributed by atoms with Gasteiger partial charge in [0.1, 0.15) is 24.3 Å². The molecule has 43 heavy (non-hydrogen) atoms. The number of methoxy groups -OCH3 is 1. The van der Waals surface area contributed by atoms with E-state index in [0.717, 1.165) is 0 Å². The van der Waals surface area contributed by atoms with E-state index in [1.165, 1.54) is 27.3 Å². The van der Waals surface area contributed by atoms with Gasteiger partial charge in [0.15, 0.2) is 11.2 Å². The molecule has 1 saturated heterocycles. The smallest absolute Gasteiger partial charge is 0.342 e. The molecule has 5 N–H and O–H groups in total. The average molecular weight is 630 g/mol. The predicted octanol–water partition coefficient (Wildman–Crippen LogP) is 1.37. The van der Waals surface area contributed by atoms with E-state index >= 15 is 0 Å². The van der Waals surface area contributed by atoms with Crippen molar-refractivity contribution in [1.82, 2.24) is 29.7 Å². The highest BCUT2D eigenvalue weighted by Crippen LogP contribution is 2.42. The minimum atomic E-state index is -4.14. The lowest BCUT2D eigenvalue weighted by atomic mass is 9.94. The van der Waals surface area contributed by atoms with Crippen molar-refractivity contribution in [3.05, 3.63) is 6.33 Å². The number of hydrogen-bond acceptors (Lipinski definition) is 13. The van der Waals surface area contributed by atoms with Gasteiger partial charge in [-0.1, -0.05) is 27.7 Å². The van der Waals surface area contributed by atoms with Gasteiger partial charge in [0, 0.05) is 0 Å². The molecule has 1 aliphatic heterocycles. The van der Waals surface area contributed by atoms with Crippen molar-refractivity contribution in [2.45, 2.75) is 78.3 Å². The molecule has 3 heterocycles. The van der Waals surface area contributed by atoms with Crippen LogP contribution in [0.3, 0.4) is 0 Å². The number of esters is 2. The molecule has 0 aliphatic carbocycles. The molecule has 1 fully saturated rings. The maximum absolute atomic E-state index is 14.0. The zero-order chi connectivity index (χ0) is 32.1. The molecule has 1 aliphatic rings. The van der Waals surface area contributed by atoms with Crippen LogP contribution in [0.1, 0.15) is 48.5 Å². The molecule has 0 aromatic carbocycles. The first-order valence-corrected chi connectivity index (χ1v) is 15.7. The SMILES string of the molecule is COc1nc(N)nc2c1ncn2[C@]1(C)CO[C@H](COP(=O)(N[C@@H](C)C(=O)OCC(C)C)N[C@@H](C)C(=O)OCC(C)C)[C@H]1O. The standard InChI is InChI=1S/C26H44N7O9P/c1-14(2)9-39-23(35)16(5)31-43(37,32-17(6)24(36)40-10-15(3)4)42-11-18-20(34)26(7,12-41-18)33-13-28-19-21(33)29-25(27)30-22(19)38-8/h13-18,20,34H,9-12H2,1-8H3,(H2,27,29,30)(H2,31,32,37)/t16-,17-,18+,20+,26+/m0/s1. The number of hydrogen-bond donors (Lipinski definition) is 4. The number of imidazole rings is 1. The maximum Gasteiger partial charge on any atom is 0.342 e. The number of aliphatic hydroxyl groups is 1. The molecule has 16 nitrogen and oxygen atoms in total. The van der Waals surface area contributed by atoms with Gasteiger partial charge in [-0.25, -0.2) is 15.2 Å². The first-order valence-electron chi connectivity index (χ1n) is 14.1. The lowest BCUT2D eigenvalue weighted by Crippen LogP contribution is -2.46. The molecule has 2 aromatic rings. The van der Waals surface area contributed by atoms with Crippen molar-refractivity contribution >= 4 is 36.7 Å². The van der Waals surface area contributed by atoms with Gasteiger partial charge in [-0.2, -0.15) is 9.97 Å². The number of carbonyl (C=O) groups is 2. The number of aliphatic hydroxyl groups excluding tert-OH is 1. The molecule has 0 unspecified atom stereocenters. The summed E-state index contributed by atoms with van der Waals surface area (Å²) in [4.78, 5) is 37.7. The molecule has 5 atom stereocenters. The summed E-state index contributed by atoms with van der Waals surface area (Å²) in [5.74, 6) is -0.966. The third kappa shape index (κ3) is 8.40. The van der Waals surface area contributed by atoms with Crippen molar-refractivity contribution in [2.24, 2.45) is 11.8 Å². The fraction of sp³-hybridized carbons (Fsp3) is 0.731. The van der Waals surface area contributed by atoms with Crippen LogP contribution in [0.25, 0.3) is 11.2 Å². The number of ether oxygens (including phenoxy) is 4. The second-order valence-electron chi connectivity index (χ2n) is 11.6. The first kappa shape index (κ1) is 34.6. The van der Waals surface area contributed by atoms with Gasteiger partial charge in [-0.05, 0) is 32.6 Å². The van der Waals surface area contributed by atoms with E-state index in [1.807, 2.05) is 27.7 Å². The molecule has 0 spiro atoms. The van der Waals surface area contributed by atoms with Crippen molar-refractivity contribution in [3.8, 4) is 5.88 Å². The molecule has 0 amide bonds. The number of nitrogens with zero attached hydrogens (tertiary/aromatic N) is 4. The number of nitrogens with two attached hydrogens (primary N) is 1. The number of rotatable bonds is 15. The monoisotopic (exact) mass is 629 g/mol. The summed E-state index contributed by atoms with van der Waals surface area (Å²) in [6.07, 6.45) is -0.686. The first-order chi connectivity index (χ1) is 20.1.